The van der Waals surface area contributed by atoms with Crippen LogP contribution in [0.15, 0.2) is 0 Å². The summed E-state index contributed by atoms with van der Waals surface area (Å²) in [5, 5.41) is 0. The van der Waals surface area contributed by atoms with E-state index in [1.807, 2.05) is 0 Å². The van der Waals surface area contributed by atoms with Crippen molar-refractivity contribution in [1.82, 2.24) is 0 Å². The molecule has 0 unspecified atom stereocenters. The molecule has 0 bridgehead atoms. The Morgan fingerprint density at radius 2 is 0.119 bits per heavy atom. The van der Waals surface area contributed by atoms with Crippen LogP contribution in [-0.4, -0.2) is 0 Å². The van der Waals surface area contributed by atoms with Crippen LogP contribution in [0.25, 0.3) is 0 Å². The molecule has 0 aliphatic rings. The third-order valence-electron chi connectivity index (χ3n) is 0. The van der Waals surface area contributed by atoms with Gasteiger partial charge in [-0.25, -0.2) is 0 Å². The Morgan fingerprint density at radius 1 is 0.119 bits per heavy atom. The molecule has 0 fully saturated rings. The molecule has 0 radical (unpaired) electrons. The van der Waals surface area contributed by atoms with E-state index in [0.717, 1.165) is 0 Å². The standard InChI is InChI=1S/35FH.7Ta/h35*1H;;;;;;;/q;;;;;;;;;;;;;;;;;;;;;;;;;;;;;;;;;;;7*+5/p-35. The molecular weight excluding hydrogens is 1930 g/mol. The summed E-state index contributed by atoms with van der Waals surface area (Å²) in [7, 11) is 0. The first-order valence-corrected chi connectivity index (χ1v) is 48.4. The molecule has 42 heavy (non-hydrogen) atoms. The molecular formula is F35Ta7. The van der Waals surface area contributed by atoms with Crippen LogP contribution in [0.1, 0.15) is 0 Å². The molecule has 0 spiro atoms. The molecule has 0 heterocycles. The van der Waals surface area contributed by atoms with Crippen LogP contribution in [0, 0.1) is 0 Å². The molecule has 0 aromatic rings. The molecule has 0 amide bonds. The van der Waals surface area contributed by atoms with Crippen molar-refractivity contribution in [2.75, 3.05) is 0 Å². The van der Waals surface area contributed by atoms with Crippen molar-refractivity contribution in [2.45, 2.75) is 0 Å². The molecule has 0 aromatic heterocycles. The maximum atomic E-state index is 9.94. The van der Waals surface area contributed by atoms with E-state index in [1.54, 1.807) is 0 Å². The van der Waals surface area contributed by atoms with E-state index < -0.39 is 85.1 Å². The molecule has 0 aliphatic heterocycles. The zero-order valence-corrected chi connectivity index (χ0v) is 38.9. The van der Waals surface area contributed by atoms with Gasteiger partial charge in [0.1, 0.15) is 0 Å². The third-order valence-corrected chi connectivity index (χ3v) is 0. The van der Waals surface area contributed by atoms with Gasteiger partial charge in [0, 0.05) is 0 Å². The van der Waals surface area contributed by atoms with Crippen molar-refractivity contribution in [1.29, 1.82) is 0 Å². The molecule has 0 atom stereocenters. The summed E-state index contributed by atoms with van der Waals surface area (Å²) in [6.45, 7) is 0. The summed E-state index contributed by atoms with van der Waals surface area (Å²) in [5.74, 6) is 0. The smallest absolute Gasteiger partial charge is 5.00 e. The normalized spacial score (nSPS) is 25.8. The Hall–Kier alpha value is 2.73. The summed E-state index contributed by atoms with van der Waals surface area (Å²) >= 11 is -66.9. The van der Waals surface area contributed by atoms with Crippen LogP contribution < -0.4 is 0 Å². The van der Waals surface area contributed by atoms with Crippen LogP contribution >= 0.6 is 0 Å². The van der Waals surface area contributed by atoms with E-state index in [1.165, 1.54) is 0 Å². The third kappa shape index (κ3) is 9970. The topological polar surface area (TPSA) is 0 Å². The van der Waals surface area contributed by atoms with Gasteiger partial charge in [0.15, 0.2) is 0 Å². The average molecular weight is 1930 g/mol. The van der Waals surface area contributed by atoms with Crippen LogP contribution in [-0.2, 0) is 130 Å². The van der Waals surface area contributed by atoms with Gasteiger partial charge in [-0.3, -0.25) is 0 Å². The summed E-state index contributed by atoms with van der Waals surface area (Å²) < 4.78 is 348. The summed E-state index contributed by atoms with van der Waals surface area (Å²) in [5.41, 5.74) is 0. The van der Waals surface area contributed by atoms with Crippen LogP contribution in [0.3, 0.4) is 0 Å². The molecule has 0 saturated carbocycles. The molecule has 280 valence electrons. The van der Waals surface area contributed by atoms with Crippen molar-refractivity contribution in [3.8, 4) is 0 Å². The van der Waals surface area contributed by atoms with Gasteiger partial charge in [-0.15, -0.1) is 0 Å². The van der Waals surface area contributed by atoms with Crippen LogP contribution in [0.4, 0.5) is 106 Å². The van der Waals surface area contributed by atoms with Gasteiger partial charge in [-0.05, 0) is 0 Å². The van der Waals surface area contributed by atoms with E-state index in [9.17, 15) is 106 Å². The van der Waals surface area contributed by atoms with Crippen molar-refractivity contribution >= 4 is 0 Å². The Labute approximate surface area is 233 Å². The van der Waals surface area contributed by atoms with E-state index in [4.69, 9.17) is 0 Å². The minimum Gasteiger partial charge on any atom is 5.00 e. The molecule has 0 N–H and O–H groups in total. The van der Waals surface area contributed by atoms with Gasteiger partial charge in [0.25, 0.3) is 0 Å². The minimum absolute atomic E-state index is 0. The zero-order valence-electron chi connectivity index (χ0n) is 16.4. The van der Waals surface area contributed by atoms with Gasteiger partial charge in [0.05, 0.1) is 0 Å². The predicted octanol–water partition coefficient (Wildman–Crippen LogP) is 14.7. The first-order chi connectivity index (χ1) is 13.2. The molecule has 0 aliphatic carbocycles. The average Bonchev–Trinajstić information content (AvgIpc) is 1.47. The monoisotopic (exact) mass is 1930 g/mol. The van der Waals surface area contributed by atoms with Gasteiger partial charge in [-0.1, -0.05) is 0 Å². The van der Waals surface area contributed by atoms with Gasteiger partial charge in [-0.2, -0.15) is 0 Å². The Bertz CT molecular complexity index is 732. The Kier molecular flexibility index (Phi) is 9.84. The molecule has 0 nitrogen and oxygen atoms in total. The number of halogens is 35. The van der Waals surface area contributed by atoms with Crippen LogP contribution in [0.2, 0.25) is 0 Å². The molecule has 0 saturated heterocycles. The second-order valence-electron chi connectivity index (χ2n) is 6.71. The largest absolute Gasteiger partial charge is 5.00 e. The predicted molar refractivity (Wildman–Crippen MR) is 38.8 cm³/mol. The quantitative estimate of drug-likeness (QED) is 0.212. The summed E-state index contributed by atoms with van der Waals surface area (Å²) in [4.78, 5) is 0. The second-order valence-corrected chi connectivity index (χ2v) is 54.9. The van der Waals surface area contributed by atoms with E-state index in [0.29, 0.717) is 0 Å². The fourth-order valence-corrected chi connectivity index (χ4v) is 0. The number of hydrogen-bond acceptors (Lipinski definition) is 0. The van der Waals surface area contributed by atoms with Crippen molar-refractivity contribution in [3.05, 3.63) is 0 Å². The van der Waals surface area contributed by atoms with Crippen LogP contribution in [0.5, 0.6) is 0 Å². The maximum absolute atomic E-state index is 13.4. The summed E-state index contributed by atoms with van der Waals surface area (Å²) in [6.07, 6.45) is 0. The second kappa shape index (κ2) is 6.88. The van der Waals surface area contributed by atoms with E-state index in [-0.39, 0.29) is 44.8 Å². The number of hydrogen-bond donors (Lipinski definition) is 0. The van der Waals surface area contributed by atoms with Gasteiger partial charge >= 0.3 is 236 Å². The van der Waals surface area contributed by atoms with E-state index >= 15 is 0 Å². The Morgan fingerprint density at radius 3 is 0.119 bits per heavy atom. The first kappa shape index (κ1) is 60.1. The minimum atomic E-state index is -13.4. The summed E-state index contributed by atoms with van der Waals surface area (Å²) in [6, 6.07) is 0. The zero-order chi connectivity index (χ0) is 36.9. The molecule has 0 aromatic carbocycles. The molecule has 42 heteroatoms. The van der Waals surface area contributed by atoms with Crippen molar-refractivity contribution < 1.29 is 236 Å². The maximum Gasteiger partial charge on any atom is 5.00 e. The Balaban J connectivity index is -0.0000000721. The first-order valence-electron chi connectivity index (χ1n) is 5.92. The van der Waals surface area contributed by atoms with E-state index in [2.05, 4.69) is 0 Å². The van der Waals surface area contributed by atoms with Crippen molar-refractivity contribution in [3.63, 3.8) is 0 Å². The SMILES string of the molecule is [F][Ta-2]([F])([F])([F])([F])([F])[F].[F][Ta-2]([F])([F])([F])([F])([F])[F].[F][Ta-2]([F])([F])([F])([F])([F])[F].[F][Ta-2]([F])([F])([F])([F])([F])[F].[F][Ta-2]([F])([F])([F])([F])([F])[F].[Ta+5].[Ta+5]. The fraction of sp³-hybridized carbons (Fsp3) is 0. The van der Waals surface area contributed by atoms with Crippen molar-refractivity contribution in [2.24, 2.45) is 0 Å². The van der Waals surface area contributed by atoms with Gasteiger partial charge in [0.2, 0.25) is 0 Å². The molecule has 0 rings (SSSR count). The number of rotatable bonds is 0. The fourth-order valence-electron chi connectivity index (χ4n) is 0. The van der Waals surface area contributed by atoms with Gasteiger partial charge < -0.3 is 0 Å².